The van der Waals surface area contributed by atoms with Gasteiger partial charge in [-0.3, -0.25) is 29.0 Å². The molecule has 3 aromatic heterocycles. The molecule has 0 radical (unpaired) electrons. The molecule has 290 valence electrons. The average Bonchev–Trinajstić information content (AvgIpc) is 3.61. The highest BCUT2D eigenvalue weighted by Gasteiger charge is 2.57. The molecule has 3 aromatic rings. The fourth-order valence-electron chi connectivity index (χ4n) is 6.35. The van der Waals surface area contributed by atoms with Gasteiger partial charge in [-0.15, -0.1) is 34.9 Å². The van der Waals surface area contributed by atoms with Crippen molar-refractivity contribution < 1.29 is 53.0 Å². The molecule has 4 amide bonds. The van der Waals surface area contributed by atoms with Crippen LogP contribution in [-0.4, -0.2) is 96.0 Å². The van der Waals surface area contributed by atoms with Crippen LogP contribution in [0.3, 0.4) is 0 Å². The van der Waals surface area contributed by atoms with Crippen molar-refractivity contribution in [1.29, 1.82) is 0 Å². The lowest BCUT2D eigenvalue weighted by atomic mass is 9.99. The monoisotopic (exact) mass is 819 g/mol. The first-order valence-electron chi connectivity index (χ1n) is 17.0. The van der Waals surface area contributed by atoms with Crippen molar-refractivity contribution in [2.45, 2.75) is 55.4 Å². The number of nitrogens with two attached hydrogens (primary N) is 1. The number of rotatable bonds is 13. The molecule has 4 aliphatic rings. The summed E-state index contributed by atoms with van der Waals surface area (Å²) in [5, 5.41) is 33.0. The molecule has 4 aliphatic heterocycles. The fourth-order valence-corrected chi connectivity index (χ4v) is 9.57. The first kappa shape index (κ1) is 38.5. The standard InChI is InChI=1S/C35H33N9O9S3/c1-35(2,33(51)52)53-40-21(20-17-56-34(36)37-20)26(45)38-22-28(47)43-24(18(15-54-30(22)43)13-41-9-5-3-6-10-41)27(46)39-23-29(48)44-25(32(49)50)19(16-55-31(23)44)14-42-11-7-4-8-12-42/h3-12,17,22-23,30-31H,13-16H2,1-2H3,(H4-2,36,37,38,39,45,46,49,50,51,52)/b40-21-/t22-,23-,30-,31-/m1/s1. The Morgan fingerprint density at radius 1 is 0.875 bits per heavy atom. The number of oxime groups is 1. The van der Waals surface area contributed by atoms with Crippen LogP contribution in [0.5, 0.6) is 0 Å². The summed E-state index contributed by atoms with van der Waals surface area (Å²) in [6.07, 6.45) is 7.14. The zero-order valence-corrected chi connectivity index (χ0v) is 32.1. The second kappa shape index (κ2) is 15.4. The highest BCUT2D eigenvalue weighted by atomic mass is 32.2. The number of carboxylic acid groups (broad SMARTS) is 2. The Bertz CT molecular complexity index is 2230. The molecule has 0 saturated carbocycles. The van der Waals surface area contributed by atoms with E-state index in [0.717, 1.165) is 16.2 Å². The summed E-state index contributed by atoms with van der Waals surface area (Å²) < 4.78 is 3.60. The van der Waals surface area contributed by atoms with Gasteiger partial charge in [0, 0.05) is 52.3 Å². The number of nitrogens with one attached hydrogen (secondary N) is 2. The number of nitrogens with zero attached hydrogens (tertiary/aromatic N) is 6. The summed E-state index contributed by atoms with van der Waals surface area (Å²) in [6.45, 7) is 2.80. The Hall–Kier alpha value is -5.80. The van der Waals surface area contributed by atoms with Gasteiger partial charge < -0.3 is 41.0 Å². The summed E-state index contributed by atoms with van der Waals surface area (Å²) in [6, 6.07) is 8.62. The average molecular weight is 820 g/mol. The lowest BCUT2D eigenvalue weighted by molar-refractivity contribution is -0.689. The highest BCUT2D eigenvalue weighted by molar-refractivity contribution is 8.00. The topological polar surface area (TPSA) is 247 Å². The Morgan fingerprint density at radius 3 is 1.89 bits per heavy atom. The van der Waals surface area contributed by atoms with Gasteiger partial charge in [0.2, 0.25) is 0 Å². The van der Waals surface area contributed by atoms with E-state index in [0.29, 0.717) is 11.1 Å². The van der Waals surface area contributed by atoms with E-state index in [-0.39, 0.29) is 46.8 Å². The molecule has 7 heterocycles. The number of hydrogen-bond donors (Lipinski definition) is 3. The van der Waals surface area contributed by atoms with Crippen molar-refractivity contribution in [1.82, 2.24) is 25.4 Å². The van der Waals surface area contributed by atoms with Gasteiger partial charge in [0.25, 0.3) is 23.6 Å². The van der Waals surface area contributed by atoms with Crippen LogP contribution in [0.4, 0.5) is 5.13 Å². The third kappa shape index (κ3) is 7.31. The van der Waals surface area contributed by atoms with Gasteiger partial charge in [0.05, 0.1) is 17.6 Å². The van der Waals surface area contributed by atoms with Gasteiger partial charge in [0.15, 0.2) is 54.3 Å². The summed E-state index contributed by atoms with van der Waals surface area (Å²) in [4.78, 5) is 90.8. The number of aromatic nitrogens is 3. The normalized spacial score (nSPS) is 22.1. The minimum absolute atomic E-state index is 0.00435. The van der Waals surface area contributed by atoms with Crippen LogP contribution in [0.25, 0.3) is 0 Å². The maximum absolute atomic E-state index is 14.2. The Balaban J connectivity index is 1.12. The predicted molar refractivity (Wildman–Crippen MR) is 196 cm³/mol. The number of carbonyl (C=O) groups excluding carboxylic acids is 6. The van der Waals surface area contributed by atoms with Crippen molar-refractivity contribution in [3.63, 3.8) is 0 Å². The zero-order chi connectivity index (χ0) is 39.9. The quantitative estimate of drug-likeness (QED) is 0.0675. The number of anilines is 1. The molecule has 0 bridgehead atoms. The molecule has 7 rings (SSSR count). The Kier molecular flexibility index (Phi) is 10.6. The lowest BCUT2D eigenvalue weighted by Gasteiger charge is -2.52. The van der Waals surface area contributed by atoms with Crippen molar-refractivity contribution in [3.8, 4) is 0 Å². The first-order chi connectivity index (χ1) is 26.7. The van der Waals surface area contributed by atoms with Crippen LogP contribution in [0, 0.1) is 0 Å². The number of carbonyl (C=O) groups is 6. The van der Waals surface area contributed by atoms with E-state index in [1.807, 2.05) is 16.7 Å². The number of aliphatic carboxylic acids is 2. The summed E-state index contributed by atoms with van der Waals surface area (Å²) in [5.41, 5.74) is 4.20. The van der Waals surface area contributed by atoms with E-state index in [1.165, 1.54) is 47.7 Å². The number of nitrogen functional groups attached to an aromatic ring is 1. The molecule has 21 heteroatoms. The number of hydrogen-bond acceptors (Lipinski definition) is 15. The van der Waals surface area contributed by atoms with E-state index < -0.39 is 69.7 Å². The molecule has 18 nitrogen and oxygen atoms in total. The minimum Gasteiger partial charge on any atom is -0.546 e. The Labute approximate surface area is 331 Å². The molecule has 4 N–H and O–H groups in total. The molecule has 0 aromatic carbocycles. The SMILES string of the molecule is CC(C)(O/N=C(\C(=O)N[C@@H]1C(=O)N2C(C(=O)N[C@@H]3C(=O)N4C(C(=O)[O-])=C(C[n+]5ccccc5)CS[C@H]34)=C(C[n+]3ccccc3)CS[C@H]12)c1csc(N)n1)C(=O)[O-]. The predicted octanol–water partition coefficient (Wildman–Crippen LogP) is -2.99. The van der Waals surface area contributed by atoms with Crippen LogP contribution in [0.15, 0.2) is 94.3 Å². The highest BCUT2D eigenvalue weighted by Crippen LogP contribution is 2.43. The number of pyridine rings is 2. The van der Waals surface area contributed by atoms with Gasteiger partial charge >= 0.3 is 0 Å². The fraction of sp³-hybridized carbons (Fsp3) is 0.314. The number of thiazole rings is 1. The number of carboxylic acids is 2. The van der Waals surface area contributed by atoms with Crippen molar-refractivity contribution in [2.75, 3.05) is 17.2 Å². The molecule has 0 unspecified atom stereocenters. The van der Waals surface area contributed by atoms with Gasteiger partial charge in [-0.25, -0.2) is 14.1 Å². The van der Waals surface area contributed by atoms with Crippen LogP contribution in [0.1, 0.15) is 19.5 Å². The number of fused-ring (bicyclic) bond motifs is 2. The van der Waals surface area contributed by atoms with E-state index in [2.05, 4.69) is 20.8 Å². The molecule has 56 heavy (non-hydrogen) atoms. The molecule has 0 spiro atoms. The van der Waals surface area contributed by atoms with Gasteiger partial charge in [0.1, 0.15) is 34.2 Å². The van der Waals surface area contributed by atoms with Gasteiger partial charge in [-0.1, -0.05) is 17.3 Å². The van der Waals surface area contributed by atoms with Crippen molar-refractivity contribution in [3.05, 3.63) is 94.8 Å². The van der Waals surface area contributed by atoms with Crippen LogP contribution in [-0.2, 0) is 46.7 Å². The smallest absolute Gasteiger partial charge is 0.276 e. The number of thioether (sulfide) groups is 2. The zero-order valence-electron chi connectivity index (χ0n) is 29.6. The van der Waals surface area contributed by atoms with E-state index in [4.69, 9.17) is 10.6 Å². The number of β-lactam (4-membered cyclic amide) rings is 2. The second-order valence-corrected chi connectivity index (χ2v) is 16.5. The minimum atomic E-state index is -1.92. The summed E-state index contributed by atoms with van der Waals surface area (Å²) in [7, 11) is 0. The van der Waals surface area contributed by atoms with Crippen molar-refractivity contribution >= 4 is 81.3 Å². The summed E-state index contributed by atoms with van der Waals surface area (Å²) in [5.74, 6) is -5.47. The van der Waals surface area contributed by atoms with Crippen LogP contribution < -0.4 is 35.7 Å². The third-order valence-electron chi connectivity index (χ3n) is 9.21. The van der Waals surface area contributed by atoms with Crippen molar-refractivity contribution in [2.24, 2.45) is 5.16 Å². The lowest BCUT2D eigenvalue weighted by Crippen LogP contribution is -2.74. The van der Waals surface area contributed by atoms with Crippen LogP contribution in [0.2, 0.25) is 0 Å². The van der Waals surface area contributed by atoms with E-state index in [1.54, 1.807) is 53.6 Å². The first-order valence-corrected chi connectivity index (χ1v) is 20.0. The molecule has 0 aliphatic carbocycles. The largest absolute Gasteiger partial charge is 0.546 e. The molecule has 2 fully saturated rings. The number of amides is 4. The molecule has 4 atom stereocenters. The molecule has 2 saturated heterocycles. The van der Waals surface area contributed by atoms with E-state index >= 15 is 0 Å². The maximum atomic E-state index is 14.2. The maximum Gasteiger partial charge on any atom is 0.276 e. The van der Waals surface area contributed by atoms with Gasteiger partial charge in [-0.05, 0) is 13.8 Å². The molecular formula is C35H33N9O9S3. The van der Waals surface area contributed by atoms with Crippen LogP contribution >= 0.6 is 34.9 Å². The van der Waals surface area contributed by atoms with E-state index in [9.17, 15) is 39.0 Å². The molecular weight excluding hydrogens is 787 g/mol. The Morgan fingerprint density at radius 2 is 1.39 bits per heavy atom. The summed E-state index contributed by atoms with van der Waals surface area (Å²) >= 11 is 3.60. The van der Waals surface area contributed by atoms with Gasteiger partial charge in [-0.2, -0.15) is 0 Å². The third-order valence-corrected chi connectivity index (χ3v) is 12.6. The second-order valence-electron chi connectivity index (χ2n) is 13.4.